The molecule has 1 unspecified atom stereocenters. The monoisotopic (exact) mass is 227 g/mol. The van der Waals surface area contributed by atoms with Crippen LogP contribution >= 0.6 is 11.3 Å². The molecule has 1 aromatic rings. The molecule has 1 atom stereocenters. The van der Waals surface area contributed by atoms with Gasteiger partial charge in [-0.2, -0.15) is 0 Å². The van der Waals surface area contributed by atoms with Crippen molar-refractivity contribution in [3.05, 3.63) is 11.1 Å². The number of nitrogens with zero attached hydrogens (tertiary/aromatic N) is 1. The molecule has 1 amide bonds. The zero-order valence-corrected chi connectivity index (χ0v) is 10.3. The summed E-state index contributed by atoms with van der Waals surface area (Å²) in [4.78, 5) is 15.6. The fourth-order valence-corrected chi connectivity index (χ4v) is 1.42. The van der Waals surface area contributed by atoms with Gasteiger partial charge in [0.1, 0.15) is 5.69 Å². The van der Waals surface area contributed by atoms with Crippen LogP contribution in [0.2, 0.25) is 0 Å². The van der Waals surface area contributed by atoms with E-state index in [0.717, 1.165) is 0 Å². The number of carbonyl (C=O) groups is 1. The van der Waals surface area contributed by atoms with Gasteiger partial charge in [0, 0.05) is 11.4 Å². The minimum absolute atomic E-state index is 0.0389. The lowest BCUT2D eigenvalue weighted by molar-refractivity contribution is 0.0906. The van der Waals surface area contributed by atoms with Crippen LogP contribution in [0, 0.1) is 5.41 Å². The lowest BCUT2D eigenvalue weighted by Crippen LogP contribution is -2.41. The van der Waals surface area contributed by atoms with Crippen molar-refractivity contribution in [1.29, 1.82) is 0 Å². The predicted octanol–water partition coefficient (Wildman–Crippen LogP) is 1.89. The standard InChI is InChI=1S/C10H17N3OS/c1-6(10(2,3)4)12-8(14)7-5-15-9(11)13-7/h5-6H,1-4H3,(H2,11,13)(H,12,14). The fourth-order valence-electron chi connectivity index (χ4n) is 0.879. The fraction of sp³-hybridized carbons (Fsp3) is 0.600. The molecule has 84 valence electrons. The first kappa shape index (κ1) is 12.0. The third kappa shape index (κ3) is 3.20. The van der Waals surface area contributed by atoms with Crippen LogP contribution in [0.3, 0.4) is 0 Å². The number of anilines is 1. The number of carbonyl (C=O) groups excluding carboxylic acids is 1. The molecule has 5 heteroatoms. The Kier molecular flexibility index (Phi) is 3.34. The Hall–Kier alpha value is -1.10. The van der Waals surface area contributed by atoms with Gasteiger partial charge in [0.2, 0.25) is 0 Å². The van der Waals surface area contributed by atoms with E-state index >= 15 is 0 Å². The third-order valence-electron chi connectivity index (χ3n) is 2.40. The van der Waals surface area contributed by atoms with Crippen molar-refractivity contribution in [2.24, 2.45) is 5.41 Å². The minimum atomic E-state index is -0.162. The van der Waals surface area contributed by atoms with E-state index in [1.54, 1.807) is 5.38 Å². The molecular formula is C10H17N3OS. The van der Waals surface area contributed by atoms with Crippen LogP contribution in [-0.4, -0.2) is 16.9 Å². The number of thiazole rings is 1. The van der Waals surface area contributed by atoms with Gasteiger partial charge in [-0.1, -0.05) is 20.8 Å². The molecule has 0 aliphatic heterocycles. The molecule has 0 aliphatic carbocycles. The molecule has 0 bridgehead atoms. The molecule has 0 saturated carbocycles. The first-order valence-electron chi connectivity index (χ1n) is 4.82. The first-order chi connectivity index (χ1) is 6.80. The SMILES string of the molecule is CC(NC(=O)c1csc(N)n1)C(C)(C)C. The molecule has 0 spiro atoms. The van der Waals surface area contributed by atoms with E-state index in [4.69, 9.17) is 5.73 Å². The van der Waals surface area contributed by atoms with E-state index in [0.29, 0.717) is 10.8 Å². The summed E-state index contributed by atoms with van der Waals surface area (Å²) < 4.78 is 0. The van der Waals surface area contributed by atoms with E-state index in [1.807, 2.05) is 6.92 Å². The molecular weight excluding hydrogens is 210 g/mol. The Morgan fingerprint density at radius 1 is 1.60 bits per heavy atom. The van der Waals surface area contributed by atoms with Gasteiger partial charge >= 0.3 is 0 Å². The van der Waals surface area contributed by atoms with Crippen LogP contribution in [0.4, 0.5) is 5.13 Å². The van der Waals surface area contributed by atoms with E-state index in [1.165, 1.54) is 11.3 Å². The van der Waals surface area contributed by atoms with Gasteiger partial charge in [0.15, 0.2) is 5.13 Å². The number of aromatic nitrogens is 1. The van der Waals surface area contributed by atoms with Gasteiger partial charge in [0.05, 0.1) is 0 Å². The molecule has 0 saturated heterocycles. The average Bonchev–Trinajstić information content (AvgIpc) is 2.50. The summed E-state index contributed by atoms with van der Waals surface area (Å²) in [7, 11) is 0. The Morgan fingerprint density at radius 2 is 2.20 bits per heavy atom. The predicted molar refractivity (Wildman–Crippen MR) is 62.9 cm³/mol. The highest BCUT2D eigenvalue weighted by atomic mass is 32.1. The highest BCUT2D eigenvalue weighted by Gasteiger charge is 2.22. The maximum Gasteiger partial charge on any atom is 0.271 e. The second-order valence-corrected chi connectivity index (χ2v) is 5.52. The average molecular weight is 227 g/mol. The molecule has 0 radical (unpaired) electrons. The van der Waals surface area contributed by atoms with Gasteiger partial charge in [0.25, 0.3) is 5.91 Å². The van der Waals surface area contributed by atoms with Crippen LogP contribution in [0.5, 0.6) is 0 Å². The summed E-state index contributed by atoms with van der Waals surface area (Å²) >= 11 is 1.27. The number of nitrogens with two attached hydrogens (primary N) is 1. The highest BCUT2D eigenvalue weighted by molar-refractivity contribution is 7.13. The van der Waals surface area contributed by atoms with Crippen molar-refractivity contribution in [3.8, 4) is 0 Å². The minimum Gasteiger partial charge on any atom is -0.375 e. The van der Waals surface area contributed by atoms with Crippen LogP contribution in [0.15, 0.2) is 5.38 Å². The van der Waals surface area contributed by atoms with Gasteiger partial charge in [-0.05, 0) is 12.3 Å². The quantitative estimate of drug-likeness (QED) is 0.810. The lowest BCUT2D eigenvalue weighted by atomic mass is 9.88. The summed E-state index contributed by atoms with van der Waals surface area (Å²) in [6.45, 7) is 8.21. The second-order valence-electron chi connectivity index (χ2n) is 4.63. The Morgan fingerprint density at radius 3 is 2.60 bits per heavy atom. The van der Waals surface area contributed by atoms with Crippen molar-refractivity contribution in [3.63, 3.8) is 0 Å². The maximum atomic E-state index is 11.7. The lowest BCUT2D eigenvalue weighted by Gasteiger charge is -2.27. The van der Waals surface area contributed by atoms with E-state index < -0.39 is 0 Å². The number of nitrogens with one attached hydrogen (secondary N) is 1. The molecule has 3 N–H and O–H groups in total. The summed E-state index contributed by atoms with van der Waals surface area (Å²) in [6.07, 6.45) is 0. The number of rotatable bonds is 2. The van der Waals surface area contributed by atoms with Crippen LogP contribution in [0.1, 0.15) is 38.2 Å². The Balaban J connectivity index is 2.64. The van der Waals surface area contributed by atoms with Crippen molar-refractivity contribution < 1.29 is 4.79 Å². The van der Waals surface area contributed by atoms with E-state index in [2.05, 4.69) is 31.1 Å². The van der Waals surface area contributed by atoms with Crippen molar-refractivity contribution >= 4 is 22.4 Å². The maximum absolute atomic E-state index is 11.7. The molecule has 4 nitrogen and oxygen atoms in total. The molecule has 1 heterocycles. The number of hydrogen-bond acceptors (Lipinski definition) is 4. The molecule has 15 heavy (non-hydrogen) atoms. The topological polar surface area (TPSA) is 68.0 Å². The van der Waals surface area contributed by atoms with Crippen LogP contribution < -0.4 is 11.1 Å². The molecule has 1 rings (SSSR count). The molecule has 0 aromatic carbocycles. The first-order valence-corrected chi connectivity index (χ1v) is 5.70. The van der Waals surface area contributed by atoms with Gasteiger partial charge in [-0.25, -0.2) is 4.98 Å². The Bertz CT molecular complexity index is 354. The van der Waals surface area contributed by atoms with Gasteiger partial charge in [-0.3, -0.25) is 4.79 Å². The number of hydrogen-bond donors (Lipinski definition) is 2. The largest absolute Gasteiger partial charge is 0.375 e. The van der Waals surface area contributed by atoms with E-state index in [9.17, 15) is 4.79 Å². The number of amides is 1. The molecule has 1 aromatic heterocycles. The highest BCUT2D eigenvalue weighted by Crippen LogP contribution is 2.19. The van der Waals surface area contributed by atoms with Gasteiger partial charge < -0.3 is 11.1 Å². The zero-order chi connectivity index (χ0) is 11.6. The van der Waals surface area contributed by atoms with Crippen LogP contribution in [-0.2, 0) is 0 Å². The van der Waals surface area contributed by atoms with Crippen LogP contribution in [0.25, 0.3) is 0 Å². The Labute approximate surface area is 93.9 Å². The normalized spacial score (nSPS) is 13.6. The summed E-state index contributed by atoms with van der Waals surface area (Å²) in [5.74, 6) is -0.162. The smallest absolute Gasteiger partial charge is 0.271 e. The van der Waals surface area contributed by atoms with Crippen molar-refractivity contribution in [1.82, 2.24) is 10.3 Å². The molecule has 0 fully saturated rings. The summed E-state index contributed by atoms with van der Waals surface area (Å²) in [6, 6.07) is 0.0907. The molecule has 0 aliphatic rings. The third-order valence-corrected chi connectivity index (χ3v) is 3.08. The summed E-state index contributed by atoms with van der Waals surface area (Å²) in [5.41, 5.74) is 5.90. The summed E-state index contributed by atoms with van der Waals surface area (Å²) in [5, 5.41) is 4.99. The van der Waals surface area contributed by atoms with Crippen molar-refractivity contribution in [2.75, 3.05) is 5.73 Å². The van der Waals surface area contributed by atoms with Gasteiger partial charge in [-0.15, -0.1) is 11.3 Å². The second kappa shape index (κ2) is 4.18. The van der Waals surface area contributed by atoms with E-state index in [-0.39, 0.29) is 17.4 Å². The zero-order valence-electron chi connectivity index (χ0n) is 9.50. The van der Waals surface area contributed by atoms with Crippen molar-refractivity contribution in [2.45, 2.75) is 33.7 Å². The number of nitrogen functional groups attached to an aromatic ring is 1.